The number of halogens is 2. The van der Waals surface area contributed by atoms with Crippen LogP contribution in [0.3, 0.4) is 0 Å². The molecule has 1 unspecified atom stereocenters. The summed E-state index contributed by atoms with van der Waals surface area (Å²) >= 11 is 13.8. The Kier molecular flexibility index (Phi) is 11.1. The van der Waals surface area contributed by atoms with E-state index in [4.69, 9.17) is 23.2 Å². The fraction of sp³-hybridized carbons (Fsp3) is 0.462. The molecule has 0 aliphatic rings. The van der Waals surface area contributed by atoms with Crippen LogP contribution in [0.2, 0.25) is 10.0 Å². The van der Waals surface area contributed by atoms with Crippen LogP contribution in [-0.4, -0.2) is 35.1 Å². The van der Waals surface area contributed by atoms with Gasteiger partial charge in [0.15, 0.2) is 0 Å². The van der Waals surface area contributed by atoms with Gasteiger partial charge in [-0.25, -0.2) is 0 Å². The van der Waals surface area contributed by atoms with Gasteiger partial charge in [0.2, 0.25) is 11.8 Å². The monoisotopic (exact) mass is 508 g/mol. The van der Waals surface area contributed by atoms with E-state index in [1.807, 2.05) is 26.8 Å². The normalized spacial score (nSPS) is 12.0. The third-order valence-corrected chi connectivity index (χ3v) is 6.91. The molecular weight excluding hydrogens is 475 g/mol. The predicted octanol–water partition coefficient (Wildman–Crippen LogP) is 6.42. The summed E-state index contributed by atoms with van der Waals surface area (Å²) < 4.78 is 0. The lowest BCUT2D eigenvalue weighted by Gasteiger charge is -2.31. The van der Waals surface area contributed by atoms with E-state index in [0.717, 1.165) is 11.3 Å². The van der Waals surface area contributed by atoms with Crippen LogP contribution in [0.4, 0.5) is 0 Å². The van der Waals surface area contributed by atoms with Gasteiger partial charge in [0, 0.05) is 18.8 Å². The van der Waals surface area contributed by atoms with Gasteiger partial charge in [-0.15, -0.1) is 11.8 Å². The molecule has 0 aliphatic carbocycles. The molecule has 2 aromatic rings. The van der Waals surface area contributed by atoms with Crippen LogP contribution in [0.25, 0.3) is 0 Å². The standard InChI is InChI=1S/C26H34Cl2N2O2S/c1-6-24(26(32)29-13-17(2)3)30(14-20-7-8-22(27)23(28)12-20)25(31)16-33-15-21-10-18(4)9-19(5)11-21/h7-12,17,24H,6,13-16H2,1-5H3,(H,29,32). The van der Waals surface area contributed by atoms with Gasteiger partial charge < -0.3 is 10.2 Å². The Bertz CT molecular complexity index is 945. The lowest BCUT2D eigenvalue weighted by Crippen LogP contribution is -2.50. The average molecular weight is 510 g/mol. The lowest BCUT2D eigenvalue weighted by molar-refractivity contribution is -0.139. The molecule has 0 saturated heterocycles. The second-order valence-corrected chi connectivity index (χ2v) is 10.6. The number of aryl methyl sites for hydroxylation is 2. The predicted molar refractivity (Wildman–Crippen MR) is 141 cm³/mol. The Hall–Kier alpha value is -1.69. The van der Waals surface area contributed by atoms with Gasteiger partial charge in [-0.05, 0) is 49.4 Å². The van der Waals surface area contributed by atoms with Crippen LogP contribution in [0.1, 0.15) is 49.4 Å². The van der Waals surface area contributed by atoms with E-state index >= 15 is 0 Å². The van der Waals surface area contributed by atoms with E-state index in [-0.39, 0.29) is 11.8 Å². The van der Waals surface area contributed by atoms with Crippen molar-refractivity contribution in [3.05, 3.63) is 68.7 Å². The number of carbonyl (C=O) groups excluding carboxylic acids is 2. The van der Waals surface area contributed by atoms with E-state index in [0.29, 0.717) is 41.2 Å². The molecule has 0 fully saturated rings. The molecule has 0 heterocycles. The summed E-state index contributed by atoms with van der Waals surface area (Å²) in [5.41, 5.74) is 4.47. The number of amides is 2. The van der Waals surface area contributed by atoms with Crippen LogP contribution in [0, 0.1) is 19.8 Å². The number of benzene rings is 2. The van der Waals surface area contributed by atoms with E-state index in [1.54, 1.807) is 28.8 Å². The molecule has 7 heteroatoms. The molecule has 0 spiro atoms. The Morgan fingerprint density at radius 2 is 1.67 bits per heavy atom. The van der Waals surface area contributed by atoms with Crippen molar-refractivity contribution < 1.29 is 9.59 Å². The zero-order valence-corrected chi connectivity index (χ0v) is 22.4. The summed E-state index contributed by atoms with van der Waals surface area (Å²) in [6.07, 6.45) is 0.527. The molecule has 4 nitrogen and oxygen atoms in total. The van der Waals surface area contributed by atoms with Crippen LogP contribution >= 0.6 is 35.0 Å². The fourth-order valence-corrected chi connectivity index (χ4v) is 4.83. The molecule has 0 saturated carbocycles. The van der Waals surface area contributed by atoms with Crippen molar-refractivity contribution in [2.24, 2.45) is 5.92 Å². The summed E-state index contributed by atoms with van der Waals surface area (Å²) in [6.45, 7) is 11.0. The third-order valence-electron chi connectivity index (χ3n) is 5.18. The van der Waals surface area contributed by atoms with Gasteiger partial charge in [-0.3, -0.25) is 9.59 Å². The first-order valence-corrected chi connectivity index (χ1v) is 13.2. The second kappa shape index (κ2) is 13.3. The van der Waals surface area contributed by atoms with Gasteiger partial charge >= 0.3 is 0 Å². The van der Waals surface area contributed by atoms with Crippen molar-refractivity contribution in [3.63, 3.8) is 0 Å². The SMILES string of the molecule is CCC(C(=O)NCC(C)C)N(Cc1ccc(Cl)c(Cl)c1)C(=O)CSCc1cc(C)cc(C)c1. The maximum Gasteiger partial charge on any atom is 0.242 e. The van der Waals surface area contributed by atoms with Crippen molar-refractivity contribution in [1.82, 2.24) is 10.2 Å². The minimum Gasteiger partial charge on any atom is -0.354 e. The third kappa shape index (κ3) is 8.88. The number of carbonyl (C=O) groups is 2. The Balaban J connectivity index is 2.17. The molecule has 33 heavy (non-hydrogen) atoms. The van der Waals surface area contributed by atoms with Crippen molar-refractivity contribution in [3.8, 4) is 0 Å². The summed E-state index contributed by atoms with van der Waals surface area (Å²) in [5.74, 6) is 1.17. The van der Waals surface area contributed by atoms with Gasteiger partial charge in [0.05, 0.1) is 15.8 Å². The number of hydrogen-bond donors (Lipinski definition) is 1. The first-order valence-electron chi connectivity index (χ1n) is 11.3. The van der Waals surface area contributed by atoms with Crippen molar-refractivity contribution in [1.29, 1.82) is 0 Å². The first kappa shape index (κ1) is 27.6. The molecule has 2 amide bonds. The number of nitrogens with one attached hydrogen (secondary N) is 1. The van der Waals surface area contributed by atoms with Crippen LogP contribution in [-0.2, 0) is 21.9 Å². The minimum absolute atomic E-state index is 0.0676. The highest BCUT2D eigenvalue weighted by Crippen LogP contribution is 2.25. The van der Waals surface area contributed by atoms with Crippen molar-refractivity contribution >= 4 is 46.8 Å². The summed E-state index contributed by atoms with van der Waals surface area (Å²) in [7, 11) is 0. The minimum atomic E-state index is -0.549. The quantitative estimate of drug-likeness (QED) is 0.380. The molecule has 1 atom stereocenters. The number of rotatable bonds is 11. The van der Waals surface area contributed by atoms with Gasteiger partial charge in [0.25, 0.3) is 0 Å². The summed E-state index contributed by atoms with van der Waals surface area (Å²) in [4.78, 5) is 28.0. The van der Waals surface area contributed by atoms with E-state index in [9.17, 15) is 9.59 Å². The average Bonchev–Trinajstić information content (AvgIpc) is 2.73. The van der Waals surface area contributed by atoms with E-state index in [1.165, 1.54) is 16.7 Å². The smallest absolute Gasteiger partial charge is 0.242 e. The van der Waals surface area contributed by atoms with E-state index in [2.05, 4.69) is 37.4 Å². The number of nitrogens with zero attached hydrogens (tertiary/aromatic N) is 1. The largest absolute Gasteiger partial charge is 0.354 e. The highest BCUT2D eigenvalue weighted by Gasteiger charge is 2.28. The fourth-order valence-electron chi connectivity index (χ4n) is 3.67. The molecule has 1 N–H and O–H groups in total. The molecule has 0 aliphatic heterocycles. The maximum atomic E-state index is 13.3. The number of thioether (sulfide) groups is 1. The molecular formula is C26H34Cl2N2O2S. The van der Waals surface area contributed by atoms with Crippen molar-refractivity contribution in [2.45, 2.75) is 59.4 Å². The Morgan fingerprint density at radius 3 is 2.24 bits per heavy atom. The highest BCUT2D eigenvalue weighted by atomic mass is 35.5. The molecule has 180 valence electrons. The van der Waals surface area contributed by atoms with E-state index < -0.39 is 6.04 Å². The maximum absolute atomic E-state index is 13.3. The van der Waals surface area contributed by atoms with Crippen LogP contribution < -0.4 is 5.32 Å². The summed E-state index contributed by atoms with van der Waals surface area (Å²) in [6, 6.07) is 11.2. The summed E-state index contributed by atoms with van der Waals surface area (Å²) in [5, 5.41) is 3.88. The zero-order chi connectivity index (χ0) is 24.5. The first-order chi connectivity index (χ1) is 15.6. The van der Waals surface area contributed by atoms with Gasteiger partial charge in [-0.2, -0.15) is 0 Å². The van der Waals surface area contributed by atoms with Crippen LogP contribution in [0.15, 0.2) is 36.4 Å². The number of hydrogen-bond acceptors (Lipinski definition) is 3. The van der Waals surface area contributed by atoms with Gasteiger partial charge in [0.1, 0.15) is 6.04 Å². The van der Waals surface area contributed by atoms with Crippen molar-refractivity contribution in [2.75, 3.05) is 12.3 Å². The molecule has 0 bridgehead atoms. The molecule has 0 aromatic heterocycles. The molecule has 2 rings (SSSR count). The van der Waals surface area contributed by atoms with Gasteiger partial charge in [-0.1, -0.05) is 79.4 Å². The molecule has 2 aromatic carbocycles. The zero-order valence-electron chi connectivity index (χ0n) is 20.1. The second-order valence-electron chi connectivity index (χ2n) is 8.82. The Morgan fingerprint density at radius 1 is 1.00 bits per heavy atom. The molecule has 0 radical (unpaired) electrons. The lowest BCUT2D eigenvalue weighted by atomic mass is 10.1. The highest BCUT2D eigenvalue weighted by molar-refractivity contribution is 7.99. The Labute approximate surface area is 212 Å². The topological polar surface area (TPSA) is 49.4 Å². The van der Waals surface area contributed by atoms with Crippen LogP contribution in [0.5, 0.6) is 0 Å².